The van der Waals surface area contributed by atoms with E-state index in [1.165, 1.54) is 33.4 Å². The lowest BCUT2D eigenvalue weighted by Gasteiger charge is -2.28. The van der Waals surface area contributed by atoms with Crippen LogP contribution in [0.1, 0.15) is 36.1 Å². The van der Waals surface area contributed by atoms with E-state index in [-0.39, 0.29) is 5.41 Å². The van der Waals surface area contributed by atoms with Crippen LogP contribution in [-0.2, 0) is 5.41 Å². The molecule has 0 unspecified atom stereocenters. The van der Waals surface area contributed by atoms with Crippen molar-refractivity contribution < 1.29 is 0 Å². The zero-order valence-electron chi connectivity index (χ0n) is 31.2. The Morgan fingerprint density at radius 3 is 1.22 bits per heavy atom. The van der Waals surface area contributed by atoms with Crippen LogP contribution in [0.3, 0.4) is 0 Å². The van der Waals surface area contributed by atoms with Crippen LogP contribution in [0, 0.1) is 0 Å². The summed E-state index contributed by atoms with van der Waals surface area (Å²) in [5.41, 5.74) is 16.9. The predicted molar refractivity (Wildman–Crippen MR) is 234 cm³/mol. The molecule has 0 radical (unpaired) electrons. The van der Waals surface area contributed by atoms with Crippen molar-refractivity contribution in [2.75, 3.05) is 9.80 Å². The van der Waals surface area contributed by atoms with E-state index >= 15 is 0 Å². The number of nitrogens with zero attached hydrogens (tertiary/aromatic N) is 2. The average molecular weight is 707 g/mol. The lowest BCUT2D eigenvalue weighted by molar-refractivity contribution is 0.660. The van der Waals surface area contributed by atoms with Gasteiger partial charge in [0.15, 0.2) is 0 Å². The minimum Gasteiger partial charge on any atom is -0.311 e. The first-order valence-corrected chi connectivity index (χ1v) is 19.0. The molecule has 0 atom stereocenters. The monoisotopic (exact) mass is 706 g/mol. The van der Waals surface area contributed by atoms with E-state index in [0.717, 1.165) is 45.3 Å². The van der Waals surface area contributed by atoms with Gasteiger partial charge < -0.3 is 9.80 Å². The Kier molecular flexibility index (Phi) is 8.94. The van der Waals surface area contributed by atoms with Gasteiger partial charge in [0.1, 0.15) is 0 Å². The van der Waals surface area contributed by atoms with Gasteiger partial charge in [0.05, 0.1) is 0 Å². The van der Waals surface area contributed by atoms with Gasteiger partial charge in [0.2, 0.25) is 0 Å². The number of fused-ring (bicyclic) bond motifs is 3. The number of benzene rings is 8. The molecule has 0 heterocycles. The first-order chi connectivity index (χ1) is 27.0. The number of hydrogen-bond acceptors (Lipinski definition) is 2. The van der Waals surface area contributed by atoms with Crippen molar-refractivity contribution in [2.24, 2.45) is 0 Å². The fraction of sp³-hybridized carbons (Fsp3) is 0.0566. The highest BCUT2D eigenvalue weighted by atomic mass is 15.1. The molecule has 0 aromatic heterocycles. The molecular formula is C53H42N2. The van der Waals surface area contributed by atoms with E-state index in [0.29, 0.717) is 0 Å². The summed E-state index contributed by atoms with van der Waals surface area (Å²) in [6.45, 7) is 4.68. The van der Waals surface area contributed by atoms with Crippen molar-refractivity contribution in [1.82, 2.24) is 0 Å². The fourth-order valence-corrected chi connectivity index (χ4v) is 7.97. The number of para-hydroxylation sites is 3. The molecule has 0 aliphatic heterocycles. The lowest BCUT2D eigenvalue weighted by Crippen LogP contribution is -2.16. The number of rotatable bonds is 9. The van der Waals surface area contributed by atoms with Crippen LogP contribution in [0.15, 0.2) is 206 Å². The van der Waals surface area contributed by atoms with E-state index in [1.54, 1.807) is 0 Å². The smallest absolute Gasteiger partial charge is 0.0465 e. The molecule has 8 aromatic rings. The summed E-state index contributed by atoms with van der Waals surface area (Å²) in [6.07, 6.45) is 4.36. The van der Waals surface area contributed by atoms with Crippen molar-refractivity contribution in [3.63, 3.8) is 0 Å². The molecule has 8 aromatic carbocycles. The lowest BCUT2D eigenvalue weighted by atomic mass is 9.82. The maximum absolute atomic E-state index is 2.39. The molecule has 9 rings (SSSR count). The second-order valence-electron chi connectivity index (χ2n) is 14.7. The summed E-state index contributed by atoms with van der Waals surface area (Å²) in [7, 11) is 0. The number of anilines is 6. The molecule has 1 aliphatic carbocycles. The van der Waals surface area contributed by atoms with E-state index in [4.69, 9.17) is 0 Å². The SMILES string of the molecule is CC1(C)c2ccccc2-c2ccc(N(c3ccccc3)c3ccc(-c4ccc(C=Cc5ccc(N(c6ccccc6)c6ccccc6)cc5)cc4)cc3)cc21. The van der Waals surface area contributed by atoms with E-state index in [2.05, 4.69) is 242 Å². The molecule has 2 nitrogen and oxygen atoms in total. The summed E-state index contributed by atoms with van der Waals surface area (Å²) >= 11 is 0. The van der Waals surface area contributed by atoms with Crippen molar-refractivity contribution in [3.05, 3.63) is 229 Å². The number of hydrogen-bond donors (Lipinski definition) is 0. The Morgan fingerprint density at radius 2 is 0.691 bits per heavy atom. The molecule has 2 heteroatoms. The van der Waals surface area contributed by atoms with E-state index in [9.17, 15) is 0 Å². The molecule has 0 fully saturated rings. The van der Waals surface area contributed by atoms with Crippen LogP contribution in [0.25, 0.3) is 34.4 Å². The Bertz CT molecular complexity index is 2530. The summed E-state index contributed by atoms with van der Waals surface area (Å²) < 4.78 is 0. The van der Waals surface area contributed by atoms with Crippen molar-refractivity contribution in [2.45, 2.75) is 19.3 Å². The average Bonchev–Trinajstić information content (AvgIpc) is 3.48. The van der Waals surface area contributed by atoms with Crippen molar-refractivity contribution in [1.29, 1.82) is 0 Å². The van der Waals surface area contributed by atoms with Crippen molar-refractivity contribution >= 4 is 46.3 Å². The summed E-state index contributed by atoms with van der Waals surface area (Å²) in [5.74, 6) is 0. The summed E-state index contributed by atoms with van der Waals surface area (Å²) in [5, 5.41) is 0. The molecule has 0 N–H and O–H groups in total. The maximum atomic E-state index is 2.39. The van der Waals surface area contributed by atoms with Crippen LogP contribution >= 0.6 is 0 Å². The van der Waals surface area contributed by atoms with Gasteiger partial charge in [0.25, 0.3) is 0 Å². The Morgan fingerprint density at radius 1 is 0.327 bits per heavy atom. The predicted octanol–water partition coefficient (Wildman–Crippen LogP) is 14.8. The Labute approximate surface area is 324 Å². The fourth-order valence-electron chi connectivity index (χ4n) is 7.97. The third-order valence-corrected chi connectivity index (χ3v) is 10.9. The van der Waals surface area contributed by atoms with Crippen LogP contribution in [0.4, 0.5) is 34.1 Å². The molecular weight excluding hydrogens is 665 g/mol. The van der Waals surface area contributed by atoms with Gasteiger partial charge in [-0.25, -0.2) is 0 Å². The second kappa shape index (κ2) is 14.5. The summed E-state index contributed by atoms with van der Waals surface area (Å²) in [4.78, 5) is 4.65. The first kappa shape index (κ1) is 33.9. The van der Waals surface area contributed by atoms with Gasteiger partial charge in [-0.3, -0.25) is 0 Å². The van der Waals surface area contributed by atoms with Crippen LogP contribution in [0.2, 0.25) is 0 Å². The van der Waals surface area contributed by atoms with Gasteiger partial charge in [-0.1, -0.05) is 159 Å². The zero-order chi connectivity index (χ0) is 37.2. The molecule has 264 valence electrons. The Balaban J connectivity index is 0.936. The topological polar surface area (TPSA) is 6.48 Å². The first-order valence-electron chi connectivity index (χ1n) is 19.0. The van der Waals surface area contributed by atoms with Gasteiger partial charge in [-0.2, -0.15) is 0 Å². The Hall–Kier alpha value is -6.90. The van der Waals surface area contributed by atoms with Gasteiger partial charge in [-0.15, -0.1) is 0 Å². The molecule has 0 saturated carbocycles. The largest absolute Gasteiger partial charge is 0.311 e. The van der Waals surface area contributed by atoms with Crippen LogP contribution < -0.4 is 9.80 Å². The highest BCUT2D eigenvalue weighted by molar-refractivity contribution is 5.86. The van der Waals surface area contributed by atoms with Crippen molar-refractivity contribution in [3.8, 4) is 22.3 Å². The molecule has 0 bridgehead atoms. The van der Waals surface area contributed by atoms with Crippen LogP contribution in [-0.4, -0.2) is 0 Å². The van der Waals surface area contributed by atoms with Gasteiger partial charge >= 0.3 is 0 Å². The van der Waals surface area contributed by atoms with E-state index in [1.807, 2.05) is 0 Å². The quantitative estimate of drug-likeness (QED) is 0.138. The standard InChI is InChI=1S/C53H42N2/c1-53(2)51-21-13-12-20-49(51)50-37-36-48(38-52(50)53)55(45-18-10-5-11-19-45)47-34-30-42(31-35-47)41-28-24-39(25-29-41)22-23-40-26-32-46(33-27-40)54(43-14-6-3-7-15-43)44-16-8-4-9-17-44/h3-38H,1-2H3. The third kappa shape index (κ3) is 6.64. The minimum absolute atomic E-state index is 0.0624. The summed E-state index contributed by atoms with van der Waals surface area (Å²) in [6, 6.07) is 74.0. The molecule has 0 amide bonds. The van der Waals surface area contributed by atoms with E-state index < -0.39 is 0 Å². The minimum atomic E-state index is -0.0624. The normalized spacial score (nSPS) is 12.6. The highest BCUT2D eigenvalue weighted by Gasteiger charge is 2.35. The molecule has 0 saturated heterocycles. The van der Waals surface area contributed by atoms with Gasteiger partial charge in [0, 0.05) is 39.5 Å². The molecule has 1 aliphatic rings. The zero-order valence-corrected chi connectivity index (χ0v) is 31.2. The van der Waals surface area contributed by atoms with Gasteiger partial charge in [-0.05, 0) is 117 Å². The maximum Gasteiger partial charge on any atom is 0.0465 e. The molecule has 0 spiro atoms. The molecule has 55 heavy (non-hydrogen) atoms. The second-order valence-corrected chi connectivity index (χ2v) is 14.7. The third-order valence-electron chi connectivity index (χ3n) is 10.9. The highest BCUT2D eigenvalue weighted by Crippen LogP contribution is 2.50. The van der Waals surface area contributed by atoms with Crippen LogP contribution in [0.5, 0.6) is 0 Å².